The van der Waals surface area contributed by atoms with E-state index >= 15 is 0 Å². The van der Waals surface area contributed by atoms with Gasteiger partial charge in [0.1, 0.15) is 33.8 Å². The van der Waals surface area contributed by atoms with Gasteiger partial charge in [0.2, 0.25) is 5.91 Å². The number of hydrogen-bond acceptors (Lipinski definition) is 28. The molecular weight excluding hydrogens is 1990 g/mol. The van der Waals surface area contributed by atoms with Gasteiger partial charge in [-0.15, -0.1) is 0 Å². The first-order valence-corrected chi connectivity index (χ1v) is 52.0. The number of nitrogens with zero attached hydrogens (tertiary/aromatic N) is 18. The lowest BCUT2D eigenvalue weighted by molar-refractivity contribution is -0.128. The summed E-state index contributed by atoms with van der Waals surface area (Å²) in [5.41, 5.74) is 6.92. The molecule has 3 amide bonds. The molecule has 0 radical (unpaired) electrons. The summed E-state index contributed by atoms with van der Waals surface area (Å²) >= 11 is 25.9. The Morgan fingerprint density at radius 3 is 1.04 bits per heavy atom. The molecule has 0 spiro atoms. The van der Waals surface area contributed by atoms with Crippen molar-refractivity contribution in [2.45, 2.75) is 250 Å². The second-order valence-electron chi connectivity index (χ2n) is 38.6. The van der Waals surface area contributed by atoms with E-state index < -0.39 is 72.7 Å². The third-order valence-electron chi connectivity index (χ3n) is 24.2. The molecule has 3 saturated heterocycles. The summed E-state index contributed by atoms with van der Waals surface area (Å²) < 4.78 is 83.3. The molecule has 778 valence electrons. The molecule has 0 aliphatic carbocycles. The number of ether oxygens (including phenoxy) is 2. The topological polar surface area (TPSA) is 414 Å². The van der Waals surface area contributed by atoms with Crippen LogP contribution in [-0.2, 0) is 45.5 Å². The summed E-state index contributed by atoms with van der Waals surface area (Å²) in [6.45, 7) is 48.2. The maximum absolute atomic E-state index is 14.2. The third-order valence-corrected chi connectivity index (χ3v) is 27.7. The zero-order chi connectivity index (χ0) is 105. The number of rotatable bonds is 15. The molecule has 15 rings (SSSR count). The smallest absolute Gasteiger partial charge is 0.444 e. The van der Waals surface area contributed by atoms with Crippen molar-refractivity contribution in [3.8, 4) is 39.6 Å². The number of sulfone groups is 2. The van der Waals surface area contributed by atoms with Gasteiger partial charge < -0.3 is 48.9 Å². The van der Waals surface area contributed by atoms with E-state index in [4.69, 9.17) is 84.3 Å². The van der Waals surface area contributed by atoms with Crippen LogP contribution in [0.25, 0.3) is 72.7 Å². The SMILES string of the molecule is C.C.C.C=CC(=O)N1C[C@H](C)N(c2nc(=O)n(-c3c(C)ccnc3C(C)C)c3nc(-c4ccccc4S(C)(=O)=O)c(Cl)cc23)C[C@H]1C.Cc1ccccc1B(O)O.Cc1ccnc(C(C)C)c1-n1c(=O)nc(N2C[C@@H](C)N(C(=O)OC(C)(C)C)C[C@@H]2C)c2cc(Cl)c(-c3ccccc3S(C)(=O)=O)nc21.Cc1ccnc(C(C)C)c1-n1c(=O)nc(N2C[C@@H](C)N(C(=O)OC(C)(C)C)C[C@@H]2C)c2cc(Cl)c(Cl)nc21.O=S=O. The molecule has 0 unspecified atom stereocenters. The zero-order valence-corrected chi connectivity index (χ0v) is 89.3. The van der Waals surface area contributed by atoms with Gasteiger partial charge in [0, 0.05) is 118 Å². The summed E-state index contributed by atoms with van der Waals surface area (Å²) in [4.78, 5) is 134. The Bertz CT molecular complexity index is 7340. The van der Waals surface area contributed by atoms with Crippen LogP contribution in [0, 0.1) is 27.7 Å². The average molecular weight is 2130 g/mol. The van der Waals surface area contributed by atoms with Gasteiger partial charge in [0.25, 0.3) is 0 Å². The fraction of sp³-hybridized carbons (Fsp3) is 0.427. The minimum Gasteiger partial charge on any atom is -0.444 e. The van der Waals surface area contributed by atoms with Crippen molar-refractivity contribution in [2.75, 3.05) is 66.5 Å². The quantitative estimate of drug-likeness (QED) is 0.0547. The molecular formula is C103H131BCl4N18O16S3. The predicted molar refractivity (Wildman–Crippen MR) is 579 cm³/mol. The van der Waals surface area contributed by atoms with Crippen LogP contribution in [0.2, 0.25) is 20.2 Å². The van der Waals surface area contributed by atoms with Gasteiger partial charge in [-0.05, 0) is 205 Å². The molecule has 0 bridgehead atoms. The number of anilines is 3. The van der Waals surface area contributed by atoms with E-state index in [0.29, 0.717) is 124 Å². The van der Waals surface area contributed by atoms with Gasteiger partial charge in [-0.25, -0.2) is 69.5 Å². The molecule has 34 nitrogen and oxygen atoms in total. The third kappa shape index (κ3) is 26.3. The van der Waals surface area contributed by atoms with Crippen LogP contribution in [0.5, 0.6) is 0 Å². The molecule has 3 aromatic carbocycles. The molecule has 42 heteroatoms. The lowest BCUT2D eigenvalue weighted by atomic mass is 9.77. The number of aromatic nitrogens is 12. The van der Waals surface area contributed by atoms with Crippen LogP contribution in [0.3, 0.4) is 0 Å². The second kappa shape index (κ2) is 48.1. The molecule has 145 heavy (non-hydrogen) atoms. The number of fused-ring (bicyclic) bond motifs is 3. The van der Waals surface area contributed by atoms with Crippen LogP contribution in [0.4, 0.5) is 27.0 Å². The average Bonchev–Trinajstić information content (AvgIpc) is 0.725. The Balaban J connectivity index is 0.000000248. The van der Waals surface area contributed by atoms with E-state index in [2.05, 4.69) is 41.5 Å². The Morgan fingerprint density at radius 1 is 0.448 bits per heavy atom. The van der Waals surface area contributed by atoms with Gasteiger partial charge in [-0.3, -0.25) is 19.7 Å². The molecule has 0 saturated carbocycles. The largest absolute Gasteiger partial charge is 0.488 e. The minimum absolute atomic E-state index is 0. The number of piperazine rings is 3. The van der Waals surface area contributed by atoms with Crippen molar-refractivity contribution in [1.29, 1.82) is 0 Å². The highest BCUT2D eigenvalue weighted by atomic mass is 35.5. The van der Waals surface area contributed by atoms with Crippen molar-refractivity contribution in [2.24, 2.45) is 0 Å². The Morgan fingerprint density at radius 2 is 0.745 bits per heavy atom. The standard InChI is InChI=1S/C34H41ClN6O5S.C32H35ClN6O4S.C27H34Cl2N6O3.C7H9BO2.3CH4.O2S/c1-19(2)27-29(20(3)14-15-36-27)41-31-24(16-25(35)28(37-31)23-12-10-11-13-26(23)47(9,44)45)30(38-32(41)42)39-17-22(5)40(18-21(39)4)33(43)46-34(6,7)8;1-8-26(40)37-16-21(6)38(17-20(37)5)30-23-15-24(33)28(22-11-9-10-12-25(22)44(7,42)43)35-31(23)39(32(41)36-30)29-19(4)13-14-34-27(29)18(2)3;1-14(2)20-21(15(3)9-10-30-20)35-24-18(11-19(28)22(29)31-24)23(32-25(35)36)33-12-17(5)34(13-16(33)4)26(37)38-27(6,7)8;1-6-4-2-3-5-7(6)8(9)10;;;;1-3-2/h10-16,19,21-22H,17-18H2,1-9H3;8-15,18,20-21H,1,16-17H2,2-7H3;9-11,14,16-17H,12-13H2,1-8H3;2-5,9-10H,1H3;3*1H4;/t21-,22+;20-,21+;16-,17+;;;;;/m010...../s1. The second-order valence-corrected chi connectivity index (χ2v) is 44.3. The maximum Gasteiger partial charge on any atom is 0.488 e. The molecule has 6 atom stereocenters. The summed E-state index contributed by atoms with van der Waals surface area (Å²) in [7, 11) is -8.63. The van der Waals surface area contributed by atoms with E-state index in [9.17, 15) is 45.6 Å². The number of halogens is 4. The number of hydrogen-bond donors (Lipinski definition) is 2. The van der Waals surface area contributed by atoms with Gasteiger partial charge in [-0.2, -0.15) is 23.4 Å². The highest BCUT2D eigenvalue weighted by Crippen LogP contribution is 2.43. The highest BCUT2D eigenvalue weighted by molar-refractivity contribution is 7.91. The zero-order valence-electron chi connectivity index (χ0n) is 83.8. The van der Waals surface area contributed by atoms with E-state index in [0.717, 1.165) is 40.5 Å². The number of amides is 3. The Hall–Kier alpha value is -12.0. The van der Waals surface area contributed by atoms with Gasteiger partial charge in [0.05, 0.1) is 86.5 Å². The number of pyridine rings is 6. The van der Waals surface area contributed by atoms with E-state index in [1.165, 1.54) is 31.9 Å². The number of carbonyl (C=O) groups is 3. The fourth-order valence-electron chi connectivity index (χ4n) is 17.5. The van der Waals surface area contributed by atoms with E-state index in [-0.39, 0.29) is 141 Å². The van der Waals surface area contributed by atoms with Crippen LogP contribution in [0.1, 0.15) is 204 Å². The summed E-state index contributed by atoms with van der Waals surface area (Å²) in [5, 5.41) is 19.9. The van der Waals surface area contributed by atoms with Crippen LogP contribution < -0.4 is 37.2 Å². The van der Waals surface area contributed by atoms with Crippen molar-refractivity contribution < 1.29 is 59.2 Å². The molecule has 9 aromatic heterocycles. The molecule has 3 fully saturated rings. The van der Waals surface area contributed by atoms with Gasteiger partial charge in [0.15, 0.2) is 36.6 Å². The van der Waals surface area contributed by atoms with Crippen molar-refractivity contribution in [3.05, 3.63) is 231 Å². The normalized spacial score (nSPS) is 16.5. The number of benzene rings is 3. The van der Waals surface area contributed by atoms with Crippen LogP contribution >= 0.6 is 46.4 Å². The van der Waals surface area contributed by atoms with Gasteiger partial charge in [-0.1, -0.05) is 183 Å². The lowest BCUT2D eigenvalue weighted by Crippen LogP contribution is -2.59. The van der Waals surface area contributed by atoms with Crippen LogP contribution in [-0.4, -0.2) is 233 Å². The molecule has 3 aliphatic heterocycles. The number of carbonyl (C=O) groups excluding carboxylic acids is 3. The maximum atomic E-state index is 14.2. The fourth-order valence-corrected chi connectivity index (χ4v) is 20.0. The molecule has 12 heterocycles. The van der Waals surface area contributed by atoms with Crippen molar-refractivity contribution in [3.63, 3.8) is 0 Å². The highest BCUT2D eigenvalue weighted by Gasteiger charge is 2.41. The molecule has 12 aromatic rings. The first-order chi connectivity index (χ1) is 66.4. The summed E-state index contributed by atoms with van der Waals surface area (Å²) in [6.07, 6.45) is 7.93. The Kier molecular flexibility index (Phi) is 39.2. The van der Waals surface area contributed by atoms with Crippen LogP contribution in [0.15, 0.2) is 165 Å². The first kappa shape index (κ1) is 118. The monoisotopic (exact) mass is 2120 g/mol. The van der Waals surface area contributed by atoms with Crippen molar-refractivity contribution >= 4 is 159 Å². The minimum atomic E-state index is -3.65. The number of aryl methyl sites for hydroxylation is 4. The summed E-state index contributed by atoms with van der Waals surface area (Å²) in [6, 6.07) is 29.5. The predicted octanol–water partition coefficient (Wildman–Crippen LogP) is 17.8. The molecule has 3 aliphatic rings. The Labute approximate surface area is 872 Å². The molecule has 2 N–H and O–H groups in total. The van der Waals surface area contributed by atoms with Gasteiger partial charge >= 0.3 is 47.9 Å². The lowest BCUT2D eigenvalue weighted by Gasteiger charge is -2.44. The first-order valence-electron chi connectivity index (χ1n) is 46.0. The summed E-state index contributed by atoms with van der Waals surface area (Å²) in [5.74, 6) is 1.03. The van der Waals surface area contributed by atoms with E-state index in [1.54, 1.807) is 100 Å². The van der Waals surface area contributed by atoms with E-state index in [1.807, 2.05) is 197 Å². The van der Waals surface area contributed by atoms with Crippen molar-refractivity contribution in [1.82, 2.24) is 73.3 Å².